The first kappa shape index (κ1) is 22.2. The predicted molar refractivity (Wildman–Crippen MR) is 131 cm³/mol. The van der Waals surface area contributed by atoms with Gasteiger partial charge in [-0.1, -0.05) is 25.0 Å². The van der Waals surface area contributed by atoms with Crippen LogP contribution >= 0.6 is 0 Å². The number of likely N-dealkylation sites (tertiary alicyclic amines) is 1. The van der Waals surface area contributed by atoms with Gasteiger partial charge in [0.25, 0.3) is 0 Å². The first-order valence-corrected chi connectivity index (χ1v) is 13.0. The minimum atomic E-state index is 0.137. The predicted octanol–water partition coefficient (Wildman–Crippen LogP) is 3.26. The fraction of sp³-hybridized carbons (Fsp3) is 0.731. The number of rotatable bonds is 6. The van der Waals surface area contributed by atoms with E-state index in [2.05, 4.69) is 38.3 Å². The molecule has 1 aromatic carbocycles. The van der Waals surface area contributed by atoms with Crippen LogP contribution in [0.15, 0.2) is 23.0 Å². The van der Waals surface area contributed by atoms with Crippen LogP contribution < -0.4 is 16.3 Å². The molecule has 4 heterocycles. The zero-order valence-corrected chi connectivity index (χ0v) is 19.8. The third-order valence-electron chi connectivity index (χ3n) is 8.37. The molecule has 6 nitrogen and oxygen atoms in total. The van der Waals surface area contributed by atoms with E-state index in [1.54, 1.807) is 0 Å². The zero-order chi connectivity index (χ0) is 21.9. The molecule has 0 aliphatic carbocycles. The van der Waals surface area contributed by atoms with Gasteiger partial charge in [0.1, 0.15) is 0 Å². The van der Waals surface area contributed by atoms with Gasteiger partial charge in [0, 0.05) is 20.1 Å². The Labute approximate surface area is 192 Å². The topological polar surface area (TPSA) is 54.2 Å². The van der Waals surface area contributed by atoms with E-state index in [4.69, 9.17) is 0 Å². The third-order valence-corrected chi connectivity index (χ3v) is 8.37. The highest BCUT2D eigenvalue weighted by Crippen LogP contribution is 2.29. The van der Waals surface area contributed by atoms with Crippen molar-refractivity contribution in [2.45, 2.75) is 64.0 Å². The Kier molecular flexibility index (Phi) is 7.00. The Bertz CT molecular complexity index is 943. The molecule has 176 valence electrons. The van der Waals surface area contributed by atoms with Crippen LogP contribution in [0.2, 0.25) is 0 Å². The second-order valence-electron chi connectivity index (χ2n) is 10.5. The Balaban J connectivity index is 1.23. The summed E-state index contributed by atoms with van der Waals surface area (Å²) in [5.74, 6) is 1.86. The maximum absolute atomic E-state index is 13.2. The summed E-state index contributed by atoms with van der Waals surface area (Å²) in [5.41, 5.74) is 3.69. The molecule has 0 saturated carbocycles. The molecular weight excluding hydrogens is 398 g/mol. The van der Waals surface area contributed by atoms with Gasteiger partial charge in [-0.2, -0.15) is 0 Å². The number of imidazole rings is 1. The Morgan fingerprint density at radius 1 is 0.938 bits per heavy atom. The van der Waals surface area contributed by atoms with Crippen LogP contribution in [-0.2, 0) is 13.6 Å². The molecule has 32 heavy (non-hydrogen) atoms. The van der Waals surface area contributed by atoms with E-state index in [0.29, 0.717) is 0 Å². The molecule has 3 saturated heterocycles. The number of benzene rings is 1. The molecule has 0 spiro atoms. The van der Waals surface area contributed by atoms with Gasteiger partial charge < -0.3 is 10.6 Å². The number of fused-ring (bicyclic) bond motifs is 1. The van der Waals surface area contributed by atoms with E-state index in [0.717, 1.165) is 55.3 Å². The van der Waals surface area contributed by atoms with Crippen molar-refractivity contribution in [3.8, 4) is 0 Å². The summed E-state index contributed by atoms with van der Waals surface area (Å²) in [6, 6.07) is 6.79. The molecule has 1 unspecified atom stereocenters. The fourth-order valence-electron chi connectivity index (χ4n) is 6.37. The number of hydrogen-bond acceptors (Lipinski definition) is 4. The van der Waals surface area contributed by atoms with Gasteiger partial charge >= 0.3 is 5.69 Å². The van der Waals surface area contributed by atoms with Gasteiger partial charge in [-0.15, -0.1) is 0 Å². The molecule has 2 N–H and O–H groups in total. The van der Waals surface area contributed by atoms with Gasteiger partial charge in [-0.3, -0.25) is 14.0 Å². The van der Waals surface area contributed by atoms with Crippen LogP contribution in [0.5, 0.6) is 0 Å². The minimum Gasteiger partial charge on any atom is -0.317 e. The summed E-state index contributed by atoms with van der Waals surface area (Å²) >= 11 is 0. The second-order valence-corrected chi connectivity index (χ2v) is 10.5. The third kappa shape index (κ3) is 4.68. The molecule has 3 aliphatic rings. The largest absolute Gasteiger partial charge is 0.329 e. The van der Waals surface area contributed by atoms with E-state index in [9.17, 15) is 4.79 Å². The highest BCUT2D eigenvalue weighted by Gasteiger charge is 2.25. The molecule has 5 rings (SSSR count). The SMILES string of the molecule is Cn1c(=O)n(C2CCCNC2)c2cccc(CN3CCC(CCC4CCNCC4)CC3)c21. The van der Waals surface area contributed by atoms with E-state index < -0.39 is 0 Å². The molecule has 0 amide bonds. The monoisotopic (exact) mass is 439 g/mol. The summed E-state index contributed by atoms with van der Waals surface area (Å²) in [5, 5.41) is 6.96. The van der Waals surface area contributed by atoms with Gasteiger partial charge in [0.2, 0.25) is 0 Å². The lowest BCUT2D eigenvalue weighted by Gasteiger charge is -2.33. The van der Waals surface area contributed by atoms with Crippen LogP contribution in [0.25, 0.3) is 11.0 Å². The van der Waals surface area contributed by atoms with Gasteiger partial charge in [0.05, 0.1) is 17.1 Å². The summed E-state index contributed by atoms with van der Waals surface area (Å²) in [6.07, 6.45) is 10.5. The lowest BCUT2D eigenvalue weighted by Crippen LogP contribution is -2.36. The van der Waals surface area contributed by atoms with Crippen molar-refractivity contribution in [2.75, 3.05) is 39.3 Å². The number of nitrogens with zero attached hydrogens (tertiary/aromatic N) is 3. The van der Waals surface area contributed by atoms with Gasteiger partial charge in [0.15, 0.2) is 0 Å². The van der Waals surface area contributed by atoms with E-state index in [1.807, 2.05) is 11.6 Å². The van der Waals surface area contributed by atoms with Gasteiger partial charge in [-0.05, 0) is 94.7 Å². The molecule has 3 aliphatic heterocycles. The minimum absolute atomic E-state index is 0.137. The summed E-state index contributed by atoms with van der Waals surface area (Å²) in [4.78, 5) is 15.8. The number of nitrogens with one attached hydrogen (secondary N) is 2. The van der Waals surface area contributed by atoms with Crippen molar-refractivity contribution >= 4 is 11.0 Å². The normalized spacial score (nSPS) is 24.3. The highest BCUT2D eigenvalue weighted by molar-refractivity contribution is 5.80. The van der Waals surface area contributed by atoms with Crippen LogP contribution in [0.4, 0.5) is 0 Å². The molecule has 0 bridgehead atoms. The highest BCUT2D eigenvalue weighted by atomic mass is 16.1. The lowest BCUT2D eigenvalue weighted by atomic mass is 9.85. The van der Waals surface area contributed by atoms with Crippen molar-refractivity contribution in [1.82, 2.24) is 24.7 Å². The first-order valence-electron chi connectivity index (χ1n) is 13.0. The van der Waals surface area contributed by atoms with Crippen molar-refractivity contribution in [1.29, 1.82) is 0 Å². The molecule has 0 radical (unpaired) electrons. The van der Waals surface area contributed by atoms with E-state index in [-0.39, 0.29) is 11.7 Å². The van der Waals surface area contributed by atoms with Crippen LogP contribution in [0.3, 0.4) is 0 Å². The number of hydrogen-bond donors (Lipinski definition) is 2. The number of aromatic nitrogens is 2. The summed E-state index contributed by atoms with van der Waals surface area (Å²) < 4.78 is 3.95. The zero-order valence-electron chi connectivity index (χ0n) is 19.8. The molecule has 1 atom stereocenters. The summed E-state index contributed by atoms with van der Waals surface area (Å²) in [7, 11) is 1.95. The second kappa shape index (κ2) is 10.1. The van der Waals surface area contributed by atoms with Crippen LogP contribution in [0.1, 0.15) is 63.0 Å². The fourth-order valence-corrected chi connectivity index (χ4v) is 6.37. The lowest BCUT2D eigenvalue weighted by molar-refractivity contribution is 0.165. The molecular formula is C26H41N5O. The average molecular weight is 440 g/mol. The average Bonchev–Trinajstić information content (AvgIpc) is 3.10. The van der Waals surface area contributed by atoms with Crippen molar-refractivity contribution in [3.63, 3.8) is 0 Å². The molecule has 2 aromatic rings. The van der Waals surface area contributed by atoms with Crippen molar-refractivity contribution < 1.29 is 0 Å². The molecule has 6 heteroatoms. The maximum atomic E-state index is 13.2. The number of piperidine rings is 3. The van der Waals surface area contributed by atoms with E-state index >= 15 is 0 Å². The smallest absolute Gasteiger partial charge is 0.317 e. The molecule has 3 fully saturated rings. The maximum Gasteiger partial charge on any atom is 0.329 e. The summed E-state index contributed by atoms with van der Waals surface area (Å²) in [6.45, 7) is 7.73. The Morgan fingerprint density at radius 3 is 2.41 bits per heavy atom. The molecule has 1 aromatic heterocycles. The Morgan fingerprint density at radius 2 is 1.69 bits per heavy atom. The number of para-hydroxylation sites is 1. The van der Waals surface area contributed by atoms with Gasteiger partial charge in [-0.25, -0.2) is 4.79 Å². The standard InChI is InChI=1S/C26H41N5O/c1-29-25-22(4-2-6-24(25)31(26(29)32)23-5-3-13-28-18-23)19-30-16-11-21(12-17-30)8-7-20-9-14-27-15-10-20/h2,4,6,20-21,23,27-28H,3,5,7-19H2,1H3. The van der Waals surface area contributed by atoms with Crippen LogP contribution in [-0.4, -0.2) is 53.3 Å². The first-order chi connectivity index (χ1) is 15.7. The van der Waals surface area contributed by atoms with Crippen LogP contribution in [0, 0.1) is 11.8 Å². The number of aryl methyl sites for hydroxylation is 1. The quantitative estimate of drug-likeness (QED) is 0.726. The van der Waals surface area contributed by atoms with Crippen molar-refractivity contribution in [2.24, 2.45) is 18.9 Å². The Hall–Kier alpha value is -1.63. The van der Waals surface area contributed by atoms with Crippen molar-refractivity contribution in [3.05, 3.63) is 34.2 Å². The van der Waals surface area contributed by atoms with E-state index in [1.165, 1.54) is 70.3 Å².